The monoisotopic (exact) mass is 427 g/mol. The molecule has 0 bridgehead atoms. The molecule has 30 heavy (non-hydrogen) atoms. The maximum atomic E-state index is 13.1. The number of hydrogen-bond acceptors (Lipinski definition) is 5. The van der Waals surface area contributed by atoms with Crippen molar-refractivity contribution >= 4 is 21.6 Å². The van der Waals surface area contributed by atoms with Crippen LogP contribution >= 0.6 is 0 Å². The highest BCUT2D eigenvalue weighted by Gasteiger charge is 2.33. The van der Waals surface area contributed by atoms with E-state index in [-0.39, 0.29) is 17.3 Å². The van der Waals surface area contributed by atoms with Crippen molar-refractivity contribution in [3.63, 3.8) is 0 Å². The van der Waals surface area contributed by atoms with E-state index in [2.05, 4.69) is 11.4 Å². The second-order valence-corrected chi connectivity index (χ2v) is 9.29. The summed E-state index contributed by atoms with van der Waals surface area (Å²) in [7, 11) is -2.15. The minimum Gasteiger partial charge on any atom is -0.496 e. The Kier molecular flexibility index (Phi) is 6.75. The summed E-state index contributed by atoms with van der Waals surface area (Å²) in [6.45, 7) is 2.33. The first kappa shape index (κ1) is 21.8. The average Bonchev–Trinajstić information content (AvgIpc) is 2.75. The Bertz CT molecular complexity index is 1060. The number of aryl methyl sites for hydroxylation is 1. The number of methoxy groups -OCH3 is 1. The lowest BCUT2D eigenvalue weighted by atomic mass is 9.98. The third-order valence-corrected chi connectivity index (χ3v) is 7.12. The number of anilines is 1. The van der Waals surface area contributed by atoms with Crippen LogP contribution in [-0.4, -0.2) is 38.8 Å². The van der Waals surface area contributed by atoms with Crippen LogP contribution in [-0.2, 0) is 21.2 Å². The summed E-state index contributed by atoms with van der Waals surface area (Å²) in [5, 5.41) is 11.6. The molecule has 3 rings (SSSR count). The van der Waals surface area contributed by atoms with Gasteiger partial charge in [0.2, 0.25) is 15.9 Å². The fourth-order valence-electron chi connectivity index (χ4n) is 3.58. The summed E-state index contributed by atoms with van der Waals surface area (Å²) < 4.78 is 32.8. The number of amides is 1. The van der Waals surface area contributed by atoms with Crippen LogP contribution in [0.1, 0.15) is 24.0 Å². The highest BCUT2D eigenvalue weighted by molar-refractivity contribution is 7.89. The van der Waals surface area contributed by atoms with Gasteiger partial charge in [-0.15, -0.1) is 0 Å². The van der Waals surface area contributed by atoms with E-state index >= 15 is 0 Å². The molecule has 1 aliphatic rings. The Morgan fingerprint density at radius 3 is 2.63 bits per heavy atom. The maximum Gasteiger partial charge on any atom is 0.243 e. The molecule has 8 heteroatoms. The number of sulfonamides is 1. The molecule has 0 aliphatic carbocycles. The van der Waals surface area contributed by atoms with E-state index in [0.29, 0.717) is 37.2 Å². The molecule has 2 aromatic rings. The van der Waals surface area contributed by atoms with Crippen LogP contribution in [0.3, 0.4) is 0 Å². The van der Waals surface area contributed by atoms with E-state index in [0.717, 1.165) is 11.1 Å². The van der Waals surface area contributed by atoms with Crippen molar-refractivity contribution in [2.24, 2.45) is 5.92 Å². The summed E-state index contributed by atoms with van der Waals surface area (Å²) in [5.41, 5.74) is 2.25. The van der Waals surface area contributed by atoms with Gasteiger partial charge in [-0.3, -0.25) is 4.79 Å². The van der Waals surface area contributed by atoms with Gasteiger partial charge in [-0.05, 0) is 61.2 Å². The Balaban J connectivity index is 1.70. The molecule has 1 heterocycles. The third-order valence-electron chi connectivity index (χ3n) is 5.26. The summed E-state index contributed by atoms with van der Waals surface area (Å²) in [6, 6.07) is 14.0. The number of piperidine rings is 1. The summed E-state index contributed by atoms with van der Waals surface area (Å²) in [5.74, 6) is 0.00568. The zero-order valence-corrected chi connectivity index (χ0v) is 17.9. The van der Waals surface area contributed by atoms with Crippen molar-refractivity contribution in [2.75, 3.05) is 25.5 Å². The van der Waals surface area contributed by atoms with Crippen LogP contribution in [0.2, 0.25) is 0 Å². The topological polar surface area (TPSA) is 99.5 Å². The Labute approximate surface area is 177 Å². The molecular weight excluding hydrogens is 402 g/mol. The van der Waals surface area contributed by atoms with Gasteiger partial charge in [0, 0.05) is 18.8 Å². The van der Waals surface area contributed by atoms with Gasteiger partial charge in [0.1, 0.15) is 5.75 Å². The molecule has 0 aromatic heterocycles. The van der Waals surface area contributed by atoms with Gasteiger partial charge >= 0.3 is 0 Å². The van der Waals surface area contributed by atoms with Gasteiger partial charge in [0.25, 0.3) is 0 Å². The second kappa shape index (κ2) is 9.28. The van der Waals surface area contributed by atoms with Crippen LogP contribution in [0, 0.1) is 24.2 Å². The molecular formula is C22H25N3O4S. The van der Waals surface area contributed by atoms with E-state index in [4.69, 9.17) is 10.00 Å². The van der Waals surface area contributed by atoms with Crippen molar-refractivity contribution < 1.29 is 17.9 Å². The number of rotatable bonds is 6. The van der Waals surface area contributed by atoms with E-state index in [1.165, 1.54) is 10.4 Å². The van der Waals surface area contributed by atoms with Crippen LogP contribution in [0.4, 0.5) is 5.69 Å². The zero-order valence-electron chi connectivity index (χ0n) is 17.1. The smallest absolute Gasteiger partial charge is 0.243 e. The minimum absolute atomic E-state index is 0.145. The van der Waals surface area contributed by atoms with E-state index in [9.17, 15) is 13.2 Å². The van der Waals surface area contributed by atoms with Gasteiger partial charge in [-0.25, -0.2) is 8.42 Å². The van der Waals surface area contributed by atoms with Crippen LogP contribution in [0.5, 0.6) is 5.75 Å². The predicted octanol–water partition coefficient (Wildman–Crippen LogP) is 3.11. The van der Waals surface area contributed by atoms with Gasteiger partial charge in [-0.2, -0.15) is 9.57 Å². The third kappa shape index (κ3) is 4.81. The van der Waals surface area contributed by atoms with Crippen molar-refractivity contribution in [1.82, 2.24) is 4.31 Å². The lowest BCUT2D eigenvalue weighted by Gasteiger charge is -2.31. The predicted molar refractivity (Wildman–Crippen MR) is 114 cm³/mol. The molecule has 1 amide bonds. The van der Waals surface area contributed by atoms with Gasteiger partial charge < -0.3 is 10.1 Å². The lowest BCUT2D eigenvalue weighted by Crippen LogP contribution is -2.43. The molecule has 1 aliphatic heterocycles. The van der Waals surface area contributed by atoms with E-state index in [1.54, 1.807) is 50.4 Å². The number of ether oxygens (including phenoxy) is 1. The number of benzene rings is 2. The number of carbonyl (C=O) groups is 1. The molecule has 1 N–H and O–H groups in total. The summed E-state index contributed by atoms with van der Waals surface area (Å²) in [6.07, 6.45) is 1.56. The fraction of sp³-hybridized carbons (Fsp3) is 0.364. The normalized spacial score (nSPS) is 17.2. The quantitative estimate of drug-likeness (QED) is 0.764. The van der Waals surface area contributed by atoms with Crippen molar-refractivity contribution in [3.8, 4) is 11.8 Å². The van der Waals surface area contributed by atoms with Crippen molar-refractivity contribution in [2.45, 2.75) is 31.1 Å². The van der Waals surface area contributed by atoms with Crippen LogP contribution < -0.4 is 10.1 Å². The van der Waals surface area contributed by atoms with Gasteiger partial charge in [0.05, 0.1) is 30.4 Å². The van der Waals surface area contributed by atoms with E-state index < -0.39 is 15.9 Å². The average molecular weight is 428 g/mol. The Hall–Kier alpha value is -2.89. The number of nitrogens with one attached hydrogen (secondary N) is 1. The highest BCUT2D eigenvalue weighted by Crippen LogP contribution is 2.27. The molecule has 158 valence electrons. The summed E-state index contributed by atoms with van der Waals surface area (Å²) >= 11 is 0. The van der Waals surface area contributed by atoms with Crippen molar-refractivity contribution in [1.29, 1.82) is 5.26 Å². The molecule has 0 unspecified atom stereocenters. The lowest BCUT2D eigenvalue weighted by molar-refractivity contribution is -0.120. The zero-order chi connectivity index (χ0) is 21.7. The molecule has 1 atom stereocenters. The molecule has 0 radical (unpaired) electrons. The van der Waals surface area contributed by atoms with E-state index in [1.807, 2.05) is 0 Å². The largest absolute Gasteiger partial charge is 0.496 e. The minimum atomic E-state index is -3.69. The van der Waals surface area contributed by atoms with Gasteiger partial charge in [0.15, 0.2) is 0 Å². The van der Waals surface area contributed by atoms with Gasteiger partial charge in [-0.1, -0.05) is 12.1 Å². The van der Waals surface area contributed by atoms with Crippen LogP contribution in [0.25, 0.3) is 0 Å². The SMILES string of the molecule is COc1ccc(S(=O)(=O)N2CCC[C@@H](C(=O)Nc3ccc(CC#N)cc3)C2)cc1C. The molecule has 0 saturated carbocycles. The second-order valence-electron chi connectivity index (χ2n) is 7.35. The van der Waals surface area contributed by atoms with Crippen molar-refractivity contribution in [3.05, 3.63) is 53.6 Å². The Morgan fingerprint density at radius 2 is 2.00 bits per heavy atom. The first-order valence-corrected chi connectivity index (χ1v) is 11.2. The highest BCUT2D eigenvalue weighted by atomic mass is 32.2. The van der Waals surface area contributed by atoms with Crippen LogP contribution in [0.15, 0.2) is 47.4 Å². The molecule has 1 saturated heterocycles. The standard InChI is InChI=1S/C22H25N3O4S/c1-16-14-20(9-10-21(16)29-2)30(27,28)25-13-3-4-18(15-25)22(26)24-19-7-5-17(6-8-19)11-12-23/h5-10,14,18H,3-4,11,13,15H2,1-2H3,(H,24,26)/t18-/m1/s1. The molecule has 0 spiro atoms. The Morgan fingerprint density at radius 1 is 1.27 bits per heavy atom. The number of nitrogens with zero attached hydrogens (tertiary/aromatic N) is 2. The molecule has 1 fully saturated rings. The first-order chi connectivity index (χ1) is 14.3. The molecule has 2 aromatic carbocycles. The fourth-order valence-corrected chi connectivity index (χ4v) is 5.19. The number of carbonyl (C=O) groups excluding carboxylic acids is 1. The molecule has 7 nitrogen and oxygen atoms in total. The first-order valence-electron chi connectivity index (χ1n) is 9.76. The number of nitriles is 1. The number of hydrogen-bond donors (Lipinski definition) is 1. The maximum absolute atomic E-state index is 13.1. The summed E-state index contributed by atoms with van der Waals surface area (Å²) in [4.78, 5) is 12.9.